The second kappa shape index (κ2) is 38.3. The number of ether oxygens (including phenoxy) is 4. The van der Waals surface area contributed by atoms with Gasteiger partial charge in [-0.3, -0.25) is 9.59 Å². The van der Waals surface area contributed by atoms with Crippen molar-refractivity contribution >= 4 is 58.8 Å². The van der Waals surface area contributed by atoms with Crippen LogP contribution in [0.2, 0.25) is 0 Å². The van der Waals surface area contributed by atoms with Gasteiger partial charge in [0.1, 0.15) is 11.5 Å². The fraction of sp³-hybridized carbons (Fsp3) is 0.549. The van der Waals surface area contributed by atoms with Gasteiger partial charge >= 0.3 is 23.9 Å². The number of carbonyl (C=O) groups is 4. The van der Waals surface area contributed by atoms with Gasteiger partial charge in [0.25, 0.3) is 0 Å². The van der Waals surface area contributed by atoms with Gasteiger partial charge < -0.3 is 41.9 Å². The summed E-state index contributed by atoms with van der Waals surface area (Å²) in [7, 11) is 0. The Morgan fingerprint density at radius 3 is 1.10 bits per heavy atom. The highest BCUT2D eigenvalue weighted by atomic mass is 16.5. The van der Waals surface area contributed by atoms with Crippen LogP contribution in [-0.4, -0.2) is 37.1 Å². The van der Waals surface area contributed by atoms with Crippen molar-refractivity contribution in [3.63, 3.8) is 0 Å². The smallest absolute Gasteiger partial charge is 0.330 e. The van der Waals surface area contributed by atoms with Crippen molar-refractivity contribution in [1.29, 1.82) is 0 Å². The molecule has 0 spiro atoms. The molecule has 2 saturated carbocycles. The van der Waals surface area contributed by atoms with E-state index >= 15 is 0 Å². The molecule has 2 atom stereocenters. The van der Waals surface area contributed by atoms with Crippen molar-refractivity contribution in [2.75, 3.05) is 36.1 Å². The minimum absolute atomic E-state index is 0.00870. The van der Waals surface area contributed by atoms with E-state index in [1.54, 1.807) is 48.6 Å². The number of esters is 4. The Morgan fingerprint density at radius 2 is 0.759 bits per heavy atom. The van der Waals surface area contributed by atoms with E-state index in [-0.39, 0.29) is 48.8 Å². The summed E-state index contributed by atoms with van der Waals surface area (Å²) in [5.41, 5.74) is 30.0. The number of rotatable bonds is 33. The summed E-state index contributed by atoms with van der Waals surface area (Å²) in [5, 5.41) is 0. The Bertz CT molecular complexity index is 2540. The summed E-state index contributed by atoms with van der Waals surface area (Å²) in [6, 6.07) is 25.5. The van der Waals surface area contributed by atoms with Gasteiger partial charge in [0.15, 0.2) is 0 Å². The molecule has 0 saturated heterocycles. The van der Waals surface area contributed by atoms with E-state index in [0.717, 1.165) is 124 Å². The molecule has 12 heteroatoms. The van der Waals surface area contributed by atoms with E-state index in [1.807, 2.05) is 48.5 Å². The van der Waals surface area contributed by atoms with Crippen LogP contribution in [0.1, 0.15) is 235 Å². The van der Waals surface area contributed by atoms with Crippen LogP contribution in [-0.2, 0) is 28.7 Å². The van der Waals surface area contributed by atoms with E-state index in [1.165, 1.54) is 95.6 Å². The molecule has 0 heterocycles. The van der Waals surface area contributed by atoms with Crippen LogP contribution in [0.5, 0.6) is 11.5 Å². The van der Waals surface area contributed by atoms with Gasteiger partial charge in [0.2, 0.25) is 0 Å². The number of unbranched alkanes of at least 4 members (excludes halogenated alkanes) is 11. The molecule has 454 valence electrons. The fourth-order valence-electron chi connectivity index (χ4n) is 11.6. The maximum Gasteiger partial charge on any atom is 0.330 e. The van der Waals surface area contributed by atoms with Crippen molar-refractivity contribution in [1.82, 2.24) is 0 Å². The van der Waals surface area contributed by atoms with Crippen molar-refractivity contribution in [2.45, 2.75) is 213 Å². The number of hydrogen-bond donors (Lipinski definition) is 4. The highest BCUT2D eigenvalue weighted by Gasteiger charge is 2.29. The first-order valence-corrected chi connectivity index (χ1v) is 31.9. The molecule has 0 bridgehead atoms. The standard InChI is InChI=1S/C36H52N2O4.C35H50N2O4/c1-3-5-7-8-9-10-11-27-13-18-29(19-14-27)36(40)42-34-20-15-28(16-21-34)17-22-35(39)41-26-30(12-6-4-2)31-23-32(37)25-33(38)24-31;1-3-5-7-8-9-10-26-12-17-28(18-13-26)35(39)41-33-19-14-27(15-20-33)16-21-34(38)40-25-29(11-6-4-2)30-22-31(36)24-32(37)23-30/h15-17,20-25,27,29-30H,3-14,18-19,26,37-38H2,1-2H3;14-16,19-24,26,28-29H,3-13,17-18,25,36-37H2,1-2H3/b22-17+;21-16+. The SMILES string of the molecule is CCCCCCCC1CCC(C(=O)Oc2ccc(/C=C/C(=O)OCC(CCCC)c3cc(N)cc(N)c3)cc2)CC1.CCCCCCCCC1CCC(C(=O)Oc2ccc(/C=C/C(=O)OCC(CCCC)c3cc(N)cc(N)c3)cc2)CC1. The quantitative estimate of drug-likeness (QED) is 0.0115. The zero-order valence-corrected chi connectivity index (χ0v) is 50.9. The molecule has 6 rings (SSSR count). The van der Waals surface area contributed by atoms with Gasteiger partial charge in [-0.05, 0) is 171 Å². The summed E-state index contributed by atoms with van der Waals surface area (Å²) in [4.78, 5) is 50.4. The lowest BCUT2D eigenvalue weighted by Gasteiger charge is -2.27. The van der Waals surface area contributed by atoms with Gasteiger partial charge in [-0.25, -0.2) is 9.59 Å². The molecule has 0 radical (unpaired) electrons. The lowest BCUT2D eigenvalue weighted by atomic mass is 9.80. The lowest BCUT2D eigenvalue weighted by Crippen LogP contribution is -2.25. The molecule has 2 fully saturated rings. The maximum atomic E-state index is 12.8. The van der Waals surface area contributed by atoms with Gasteiger partial charge in [0, 0.05) is 46.7 Å². The van der Waals surface area contributed by atoms with Crippen molar-refractivity contribution in [2.24, 2.45) is 23.7 Å². The maximum absolute atomic E-state index is 12.8. The zero-order valence-electron chi connectivity index (χ0n) is 50.9. The summed E-state index contributed by atoms with van der Waals surface area (Å²) in [5.74, 6) is 1.59. The Labute approximate surface area is 498 Å². The van der Waals surface area contributed by atoms with Crippen LogP contribution >= 0.6 is 0 Å². The highest BCUT2D eigenvalue weighted by molar-refractivity contribution is 5.88. The largest absolute Gasteiger partial charge is 0.462 e. The van der Waals surface area contributed by atoms with Crippen molar-refractivity contribution in [3.8, 4) is 11.5 Å². The number of nitrogen functional groups attached to an aromatic ring is 4. The number of benzene rings is 4. The van der Waals surface area contributed by atoms with Gasteiger partial charge in [-0.2, -0.15) is 0 Å². The first-order valence-electron chi connectivity index (χ1n) is 31.9. The second-order valence-corrected chi connectivity index (χ2v) is 23.6. The molecule has 8 N–H and O–H groups in total. The molecule has 0 aromatic heterocycles. The minimum Gasteiger partial charge on any atom is -0.462 e. The van der Waals surface area contributed by atoms with Crippen LogP contribution in [0.3, 0.4) is 0 Å². The van der Waals surface area contributed by atoms with Crippen molar-refractivity contribution < 1.29 is 38.1 Å². The number of carbonyl (C=O) groups excluding carboxylic acids is 4. The Hall–Kier alpha value is -6.56. The highest BCUT2D eigenvalue weighted by Crippen LogP contribution is 2.35. The molecule has 2 unspecified atom stereocenters. The molecule has 4 aromatic rings. The van der Waals surface area contributed by atoms with Crippen LogP contribution in [0, 0.1) is 23.7 Å². The molecule has 2 aliphatic carbocycles. The Morgan fingerprint density at radius 1 is 0.434 bits per heavy atom. The van der Waals surface area contributed by atoms with E-state index in [0.29, 0.717) is 34.2 Å². The monoisotopic (exact) mass is 1140 g/mol. The number of nitrogens with two attached hydrogens (primary N) is 4. The van der Waals surface area contributed by atoms with E-state index in [4.69, 9.17) is 41.9 Å². The third-order valence-electron chi connectivity index (χ3n) is 16.7. The fourth-order valence-corrected chi connectivity index (χ4v) is 11.6. The third kappa shape index (κ3) is 26.3. The number of hydrogen-bond acceptors (Lipinski definition) is 12. The molecular weight excluding hydrogens is 1040 g/mol. The summed E-state index contributed by atoms with van der Waals surface area (Å²) < 4.78 is 22.5. The average Bonchev–Trinajstić information content (AvgIpc) is 3.56. The molecule has 0 amide bonds. The normalized spacial score (nSPS) is 17.7. The second-order valence-electron chi connectivity index (χ2n) is 23.6. The molecular formula is C71H102N4O8. The third-order valence-corrected chi connectivity index (χ3v) is 16.7. The summed E-state index contributed by atoms with van der Waals surface area (Å²) in [6.45, 7) is 9.30. The van der Waals surface area contributed by atoms with E-state index in [2.05, 4.69) is 27.7 Å². The average molecular weight is 1140 g/mol. The summed E-state index contributed by atoms with van der Waals surface area (Å²) in [6.07, 6.45) is 37.6. The summed E-state index contributed by atoms with van der Waals surface area (Å²) >= 11 is 0. The zero-order chi connectivity index (χ0) is 59.6. The van der Waals surface area contributed by atoms with Crippen molar-refractivity contribution in [3.05, 3.63) is 119 Å². The molecule has 83 heavy (non-hydrogen) atoms. The molecule has 2 aliphatic rings. The predicted octanol–water partition coefficient (Wildman–Crippen LogP) is 17.3. The molecule has 0 aliphatic heterocycles. The molecule has 12 nitrogen and oxygen atoms in total. The van der Waals surface area contributed by atoms with Crippen LogP contribution in [0.25, 0.3) is 12.2 Å². The van der Waals surface area contributed by atoms with E-state index < -0.39 is 11.9 Å². The Kier molecular flexibility index (Phi) is 31.0. The topological polar surface area (TPSA) is 209 Å². The van der Waals surface area contributed by atoms with Crippen LogP contribution in [0.4, 0.5) is 22.7 Å². The predicted molar refractivity (Wildman–Crippen MR) is 341 cm³/mol. The minimum atomic E-state index is -0.407. The lowest BCUT2D eigenvalue weighted by molar-refractivity contribution is -0.141. The van der Waals surface area contributed by atoms with Crippen LogP contribution < -0.4 is 32.4 Å². The first kappa shape index (κ1) is 67.2. The van der Waals surface area contributed by atoms with Gasteiger partial charge in [-0.1, -0.05) is 161 Å². The van der Waals surface area contributed by atoms with Gasteiger partial charge in [-0.15, -0.1) is 0 Å². The molecule has 4 aromatic carbocycles. The Balaban J connectivity index is 0.000000304. The first-order chi connectivity index (χ1) is 40.2. The van der Waals surface area contributed by atoms with Crippen LogP contribution in [0.15, 0.2) is 97.1 Å². The van der Waals surface area contributed by atoms with Gasteiger partial charge in [0.05, 0.1) is 25.0 Å². The number of anilines is 4. The van der Waals surface area contributed by atoms with E-state index in [9.17, 15) is 19.2 Å².